The molecule has 0 unspecified atom stereocenters. The highest BCUT2D eigenvalue weighted by molar-refractivity contribution is 6.31. The summed E-state index contributed by atoms with van der Waals surface area (Å²) in [6, 6.07) is 0.223. The highest BCUT2D eigenvalue weighted by atomic mass is 16.5. The van der Waals surface area contributed by atoms with Crippen molar-refractivity contribution in [1.82, 2.24) is 5.32 Å². The Bertz CT molecular complexity index is 1070. The zero-order chi connectivity index (χ0) is 22.0. The zero-order valence-corrected chi connectivity index (χ0v) is 17.5. The minimum atomic E-state index is -1.47. The van der Waals surface area contributed by atoms with Gasteiger partial charge in [0.2, 0.25) is 0 Å². The number of Topliss-reactive ketones (excluding diaryl/α,β-unsaturated/α-hetero) is 2. The molecule has 1 heterocycles. The molecular weight excluding hydrogens is 386 g/mol. The predicted octanol–water partition coefficient (Wildman–Crippen LogP) is 3.10. The van der Waals surface area contributed by atoms with E-state index in [1.54, 1.807) is 13.8 Å². The largest absolute Gasteiger partial charge is 0.507 e. The van der Waals surface area contributed by atoms with Gasteiger partial charge in [-0.2, -0.15) is 0 Å². The van der Waals surface area contributed by atoms with E-state index < -0.39 is 28.5 Å². The Morgan fingerprint density at radius 3 is 2.40 bits per heavy atom. The first kappa shape index (κ1) is 20.2. The lowest BCUT2D eigenvalue weighted by Crippen LogP contribution is -2.41. The van der Waals surface area contributed by atoms with Gasteiger partial charge in [-0.05, 0) is 40.5 Å². The molecule has 4 rings (SSSR count). The molecule has 1 aliphatic heterocycles. The number of hydrogen-bond acceptors (Lipinski definition) is 7. The molecule has 1 saturated carbocycles. The van der Waals surface area contributed by atoms with Crippen LogP contribution in [0.25, 0.3) is 0 Å². The number of allylic oxidation sites excluding steroid dienone is 4. The van der Waals surface area contributed by atoms with Crippen molar-refractivity contribution in [3.8, 4) is 17.2 Å². The molecule has 3 aliphatic rings. The molecule has 158 valence electrons. The van der Waals surface area contributed by atoms with Gasteiger partial charge in [0.15, 0.2) is 17.3 Å². The van der Waals surface area contributed by atoms with Gasteiger partial charge in [0.25, 0.3) is 0 Å². The molecule has 1 atom stereocenters. The van der Waals surface area contributed by atoms with E-state index in [1.807, 2.05) is 0 Å². The number of fused-ring (bicyclic) bond motifs is 3. The van der Waals surface area contributed by atoms with Crippen LogP contribution in [-0.4, -0.2) is 33.6 Å². The molecule has 2 aliphatic carbocycles. The molecule has 7 nitrogen and oxygen atoms in total. The van der Waals surface area contributed by atoms with Gasteiger partial charge in [0, 0.05) is 23.4 Å². The van der Waals surface area contributed by atoms with Crippen LogP contribution in [0.3, 0.4) is 0 Å². The number of hydrogen-bond donors (Lipinski definition) is 3. The molecule has 0 aromatic heterocycles. The summed E-state index contributed by atoms with van der Waals surface area (Å²) in [5, 5.41) is 24.5. The van der Waals surface area contributed by atoms with E-state index in [1.165, 1.54) is 19.9 Å². The summed E-state index contributed by atoms with van der Waals surface area (Å²) < 4.78 is 5.76. The van der Waals surface area contributed by atoms with Gasteiger partial charge < -0.3 is 20.3 Å². The summed E-state index contributed by atoms with van der Waals surface area (Å²) in [7, 11) is 0. The van der Waals surface area contributed by atoms with E-state index in [4.69, 9.17) is 4.74 Å². The van der Waals surface area contributed by atoms with Crippen molar-refractivity contribution in [2.45, 2.75) is 64.8 Å². The monoisotopic (exact) mass is 411 g/mol. The fraction of sp³-hybridized carbons (Fsp3) is 0.435. The van der Waals surface area contributed by atoms with Gasteiger partial charge in [0.1, 0.15) is 34.0 Å². The second-order valence-electron chi connectivity index (χ2n) is 8.51. The van der Waals surface area contributed by atoms with Crippen LogP contribution in [-0.2, 0) is 15.0 Å². The molecule has 3 N–H and O–H groups in total. The van der Waals surface area contributed by atoms with E-state index in [9.17, 15) is 24.6 Å². The number of phenols is 2. The summed E-state index contributed by atoms with van der Waals surface area (Å²) in [5.74, 6) is -2.18. The number of rotatable bonds is 3. The minimum Gasteiger partial charge on any atom is -0.507 e. The van der Waals surface area contributed by atoms with Crippen LogP contribution in [0.4, 0.5) is 0 Å². The maximum absolute atomic E-state index is 13.6. The lowest BCUT2D eigenvalue weighted by atomic mass is 9.70. The molecule has 0 spiro atoms. The Morgan fingerprint density at radius 1 is 1.17 bits per heavy atom. The van der Waals surface area contributed by atoms with Gasteiger partial charge in [-0.3, -0.25) is 14.4 Å². The van der Waals surface area contributed by atoms with Crippen molar-refractivity contribution in [1.29, 1.82) is 0 Å². The number of ether oxygens (including phenoxy) is 1. The summed E-state index contributed by atoms with van der Waals surface area (Å²) in [5.41, 5.74) is -0.852. The molecule has 30 heavy (non-hydrogen) atoms. The molecule has 0 radical (unpaired) electrons. The van der Waals surface area contributed by atoms with E-state index in [0.29, 0.717) is 5.70 Å². The average Bonchev–Trinajstić information content (AvgIpc) is 3.26. The van der Waals surface area contributed by atoms with Crippen molar-refractivity contribution in [2.24, 2.45) is 0 Å². The molecule has 1 aromatic rings. The Hall–Kier alpha value is -3.09. The van der Waals surface area contributed by atoms with Crippen molar-refractivity contribution < 1.29 is 29.3 Å². The van der Waals surface area contributed by atoms with Gasteiger partial charge >= 0.3 is 0 Å². The number of aromatic hydroxyl groups is 2. The first-order valence-corrected chi connectivity index (χ1v) is 10.2. The Labute approximate surface area is 174 Å². The van der Waals surface area contributed by atoms with Crippen molar-refractivity contribution in [2.75, 3.05) is 0 Å². The third kappa shape index (κ3) is 2.61. The van der Waals surface area contributed by atoms with Crippen LogP contribution >= 0.6 is 0 Å². The van der Waals surface area contributed by atoms with Gasteiger partial charge in [-0.1, -0.05) is 12.8 Å². The Kier molecular flexibility index (Phi) is 4.52. The smallest absolute Gasteiger partial charge is 0.194 e. The molecule has 7 heteroatoms. The number of ketones is 3. The number of phenolic OH excluding ortho intramolecular Hbond substituents is 2. The Morgan fingerprint density at radius 2 is 1.80 bits per heavy atom. The zero-order valence-electron chi connectivity index (χ0n) is 17.5. The predicted molar refractivity (Wildman–Crippen MR) is 109 cm³/mol. The van der Waals surface area contributed by atoms with E-state index in [-0.39, 0.29) is 45.6 Å². The number of nitrogens with one attached hydrogen (secondary N) is 1. The van der Waals surface area contributed by atoms with Crippen molar-refractivity contribution in [3.63, 3.8) is 0 Å². The SMILES string of the molecule is CC(=O)c1c(O)c(C)c(O)c2c1OC1=CC(=O)/C(=C(/C)NC3CCCC3)C(=O)[C@@]12C. The second-order valence-corrected chi connectivity index (χ2v) is 8.51. The normalized spacial score (nSPS) is 24.9. The van der Waals surface area contributed by atoms with Crippen LogP contribution in [0.1, 0.15) is 67.9 Å². The van der Waals surface area contributed by atoms with E-state index >= 15 is 0 Å². The molecule has 0 amide bonds. The quantitative estimate of drug-likeness (QED) is 0.398. The fourth-order valence-corrected chi connectivity index (χ4v) is 4.81. The minimum absolute atomic E-state index is 0.0269. The van der Waals surface area contributed by atoms with Crippen LogP contribution in [0.5, 0.6) is 17.2 Å². The third-order valence-electron chi connectivity index (χ3n) is 6.54. The average molecular weight is 411 g/mol. The highest BCUT2D eigenvalue weighted by Crippen LogP contribution is 2.57. The third-order valence-corrected chi connectivity index (χ3v) is 6.54. The molecule has 0 bridgehead atoms. The van der Waals surface area contributed by atoms with Gasteiger partial charge in [-0.25, -0.2) is 0 Å². The molecule has 1 fully saturated rings. The lowest BCUT2D eigenvalue weighted by Gasteiger charge is -2.29. The summed E-state index contributed by atoms with van der Waals surface area (Å²) in [6.45, 7) is 6.01. The summed E-state index contributed by atoms with van der Waals surface area (Å²) in [6.07, 6.45) is 5.43. The lowest BCUT2D eigenvalue weighted by molar-refractivity contribution is -0.123. The maximum atomic E-state index is 13.6. The second kappa shape index (κ2) is 6.72. The van der Waals surface area contributed by atoms with Crippen LogP contribution < -0.4 is 10.1 Å². The first-order chi connectivity index (χ1) is 14.1. The van der Waals surface area contributed by atoms with Crippen molar-refractivity contribution >= 4 is 17.3 Å². The Balaban J connectivity index is 1.91. The topological polar surface area (TPSA) is 113 Å². The number of carbonyl (C=O) groups excluding carboxylic acids is 3. The van der Waals surface area contributed by atoms with Crippen LogP contribution in [0, 0.1) is 6.92 Å². The highest BCUT2D eigenvalue weighted by Gasteiger charge is 2.56. The van der Waals surface area contributed by atoms with E-state index in [0.717, 1.165) is 25.7 Å². The first-order valence-electron chi connectivity index (χ1n) is 10.2. The van der Waals surface area contributed by atoms with E-state index in [2.05, 4.69) is 5.32 Å². The molecular formula is C23H25NO6. The number of carbonyl (C=O) groups is 3. The molecule has 0 saturated heterocycles. The van der Waals surface area contributed by atoms with Gasteiger partial charge in [0.05, 0.1) is 11.1 Å². The molecule has 1 aromatic carbocycles. The van der Waals surface area contributed by atoms with Crippen LogP contribution in [0.2, 0.25) is 0 Å². The fourth-order valence-electron chi connectivity index (χ4n) is 4.81. The summed E-state index contributed by atoms with van der Waals surface area (Å²) in [4.78, 5) is 38.7. The maximum Gasteiger partial charge on any atom is 0.194 e. The van der Waals surface area contributed by atoms with Crippen LogP contribution in [0.15, 0.2) is 23.1 Å². The number of benzene rings is 1. The van der Waals surface area contributed by atoms with Crippen molar-refractivity contribution in [3.05, 3.63) is 39.8 Å². The summed E-state index contributed by atoms with van der Waals surface area (Å²) >= 11 is 0. The van der Waals surface area contributed by atoms with Gasteiger partial charge in [-0.15, -0.1) is 0 Å². The standard InChI is InChI=1S/C23H25NO6/c1-10-19(27)17(12(3)25)21-18(20(10)28)23(4)15(30-21)9-14(26)16(22(23)29)11(2)24-13-7-5-6-8-13/h9,13,24,27-28H,5-8H2,1-4H3/b16-11+/t23-/m0/s1.